The first-order chi connectivity index (χ1) is 10.4. The zero-order valence-corrected chi connectivity index (χ0v) is 14.2. The minimum Gasteiger partial charge on any atom is -0.359 e. The smallest absolute Gasteiger partial charge is 0.324 e. The number of fused-ring (bicyclic) bond motifs is 1. The maximum atomic E-state index is 11.9. The van der Waals surface area contributed by atoms with Crippen LogP contribution in [-0.2, 0) is 9.59 Å². The van der Waals surface area contributed by atoms with Crippen molar-refractivity contribution in [3.05, 3.63) is 33.0 Å². The van der Waals surface area contributed by atoms with Crippen LogP contribution in [0.25, 0.3) is 11.0 Å². The van der Waals surface area contributed by atoms with Crippen molar-refractivity contribution in [2.75, 3.05) is 0 Å². The number of amides is 2. The molecular formula is C10H5N5NaO6S. The monoisotopic (exact) mass is 346 g/mol. The molecule has 1 fully saturated rings. The summed E-state index contributed by atoms with van der Waals surface area (Å²) in [5, 5.41) is 30.2. The van der Waals surface area contributed by atoms with Crippen LogP contribution >= 0.6 is 12.2 Å². The Labute approximate surface area is 154 Å². The van der Waals surface area contributed by atoms with E-state index < -0.39 is 33.9 Å². The summed E-state index contributed by atoms with van der Waals surface area (Å²) in [6.45, 7) is 0. The van der Waals surface area contributed by atoms with Crippen LogP contribution in [0.4, 0.5) is 5.69 Å². The summed E-state index contributed by atoms with van der Waals surface area (Å²) in [4.78, 5) is 33.9. The van der Waals surface area contributed by atoms with Gasteiger partial charge in [-0.1, -0.05) is 0 Å². The fourth-order valence-electron chi connectivity index (χ4n) is 2.16. The molecule has 0 bridgehead atoms. The zero-order chi connectivity index (χ0) is 16.0. The summed E-state index contributed by atoms with van der Waals surface area (Å²) in [6, 6.07) is 2.16. The van der Waals surface area contributed by atoms with Crippen LogP contribution in [0, 0.1) is 15.3 Å². The van der Waals surface area contributed by atoms with E-state index in [1.165, 1.54) is 6.07 Å². The molecule has 1 aliphatic rings. The molecule has 3 rings (SSSR count). The number of nitro benzene ring substituents is 1. The molecule has 0 saturated carbocycles. The largest absolute Gasteiger partial charge is 0.359 e. The Bertz CT molecular complexity index is 847. The quantitative estimate of drug-likeness (QED) is 0.168. The van der Waals surface area contributed by atoms with Crippen molar-refractivity contribution < 1.29 is 24.0 Å². The first-order valence-electron chi connectivity index (χ1n) is 5.72. The summed E-state index contributed by atoms with van der Waals surface area (Å²) in [5.74, 6) is -2.83. The normalized spacial score (nSPS) is 15.0. The van der Waals surface area contributed by atoms with Crippen molar-refractivity contribution in [1.82, 2.24) is 15.8 Å². The molecule has 1 radical (unpaired) electrons. The fourth-order valence-corrected chi connectivity index (χ4v) is 2.36. The number of nitrogens with one attached hydrogen (secondary N) is 2. The van der Waals surface area contributed by atoms with Crippen LogP contribution in [0.3, 0.4) is 0 Å². The second-order valence-corrected chi connectivity index (χ2v) is 4.71. The van der Waals surface area contributed by atoms with Gasteiger partial charge in [0.15, 0.2) is 5.11 Å². The number of carbonyl (C=O) groups is 2. The van der Waals surface area contributed by atoms with Crippen LogP contribution in [0.5, 0.6) is 0 Å². The molecule has 2 amide bonds. The molecule has 1 aliphatic heterocycles. The van der Waals surface area contributed by atoms with Gasteiger partial charge in [-0.15, -0.1) is 0 Å². The van der Waals surface area contributed by atoms with E-state index in [0.717, 1.165) is 6.07 Å². The number of hydrogen-bond donors (Lipinski definition) is 2. The summed E-state index contributed by atoms with van der Waals surface area (Å²) >= 11 is 4.68. The first kappa shape index (κ1) is 17.2. The molecule has 2 heterocycles. The van der Waals surface area contributed by atoms with E-state index in [1.807, 2.05) is 0 Å². The number of rotatable bonds is 2. The van der Waals surface area contributed by atoms with E-state index in [0.29, 0.717) is 0 Å². The minimum atomic E-state index is -1.36. The van der Waals surface area contributed by atoms with Crippen molar-refractivity contribution in [3.63, 3.8) is 0 Å². The van der Waals surface area contributed by atoms with Gasteiger partial charge in [0, 0.05) is 46.3 Å². The molecule has 1 aromatic heterocycles. The molecule has 2 aromatic rings. The van der Waals surface area contributed by atoms with E-state index in [2.05, 4.69) is 32.6 Å². The van der Waals surface area contributed by atoms with Gasteiger partial charge in [0.25, 0.3) is 5.52 Å². The van der Waals surface area contributed by atoms with E-state index in [-0.39, 0.29) is 50.7 Å². The first-order valence-corrected chi connectivity index (χ1v) is 6.13. The number of carbonyl (C=O) groups excluding carboxylic acids is 2. The number of aromatic nitrogens is 2. The SMILES string of the molecule is O=C1NC(=S)NC(=O)C1c1ccc([N+](=O)[O-])c2c1no[n+]2[O-].[Na]. The summed E-state index contributed by atoms with van der Waals surface area (Å²) in [5.41, 5.74) is -1.28. The number of benzene rings is 1. The molecule has 1 aromatic carbocycles. The molecule has 113 valence electrons. The van der Waals surface area contributed by atoms with Gasteiger partial charge in [-0.2, -0.15) is 0 Å². The molecule has 23 heavy (non-hydrogen) atoms. The molecule has 1 saturated heterocycles. The van der Waals surface area contributed by atoms with Crippen LogP contribution < -0.4 is 15.5 Å². The Morgan fingerprint density at radius 1 is 1.30 bits per heavy atom. The number of nitro groups is 1. The number of non-ortho nitro benzene ring substituents is 1. The van der Waals surface area contributed by atoms with E-state index in [9.17, 15) is 24.9 Å². The van der Waals surface area contributed by atoms with Crippen molar-refractivity contribution in [3.8, 4) is 0 Å². The van der Waals surface area contributed by atoms with Crippen molar-refractivity contribution in [2.45, 2.75) is 5.92 Å². The molecule has 13 heteroatoms. The molecule has 0 spiro atoms. The van der Waals surface area contributed by atoms with Gasteiger partial charge in [-0.25, -0.2) is 0 Å². The van der Waals surface area contributed by atoms with Gasteiger partial charge in [-0.3, -0.25) is 24.3 Å². The van der Waals surface area contributed by atoms with Crippen molar-refractivity contribution in [1.29, 1.82) is 0 Å². The third kappa shape index (κ3) is 2.76. The molecule has 0 atom stereocenters. The average molecular weight is 346 g/mol. The number of hydrogen-bond acceptors (Lipinski definition) is 8. The average Bonchev–Trinajstić information content (AvgIpc) is 2.80. The van der Waals surface area contributed by atoms with Gasteiger partial charge >= 0.3 is 11.2 Å². The second-order valence-electron chi connectivity index (χ2n) is 4.30. The Hall–Kier alpha value is -2.15. The summed E-state index contributed by atoms with van der Waals surface area (Å²) < 4.78 is 4.35. The van der Waals surface area contributed by atoms with Crippen molar-refractivity contribution >= 4 is 75.4 Å². The Morgan fingerprint density at radius 2 is 1.91 bits per heavy atom. The van der Waals surface area contributed by atoms with Gasteiger partial charge in [-0.05, 0) is 23.2 Å². The number of thiocarbonyl (C=S) groups is 1. The third-order valence-corrected chi connectivity index (χ3v) is 3.26. The fraction of sp³-hybridized carbons (Fsp3) is 0.100. The van der Waals surface area contributed by atoms with Crippen LogP contribution in [0.1, 0.15) is 11.5 Å². The molecule has 0 unspecified atom stereocenters. The Morgan fingerprint density at radius 3 is 2.48 bits per heavy atom. The van der Waals surface area contributed by atoms with Gasteiger partial charge in [0.05, 0.1) is 4.92 Å². The van der Waals surface area contributed by atoms with Gasteiger partial charge in [0.2, 0.25) is 11.8 Å². The van der Waals surface area contributed by atoms with Crippen LogP contribution in [0.15, 0.2) is 16.8 Å². The summed E-state index contributed by atoms with van der Waals surface area (Å²) in [6.07, 6.45) is 0. The van der Waals surface area contributed by atoms with E-state index >= 15 is 0 Å². The maximum absolute atomic E-state index is 11.9. The summed E-state index contributed by atoms with van der Waals surface area (Å²) in [7, 11) is 0. The standard InChI is InChI=1S/C10H5N5O6S.Na/c16-8-5(9(17)12-10(22)11-8)3-1-2-4(14(18)19)7-6(3)13-21-15(7)20;/h1-2,5H,(H2,11,12,16,17,22);. The Balaban J connectivity index is 0.00000192. The predicted octanol–water partition coefficient (Wildman–Crippen LogP) is -1.40. The predicted molar refractivity (Wildman–Crippen MR) is 77.0 cm³/mol. The van der Waals surface area contributed by atoms with Crippen LogP contribution in [0.2, 0.25) is 0 Å². The maximum Gasteiger partial charge on any atom is 0.324 e. The molecular weight excluding hydrogens is 341 g/mol. The number of nitrogens with zero attached hydrogens (tertiary/aromatic N) is 3. The van der Waals surface area contributed by atoms with Gasteiger partial charge in [0.1, 0.15) is 5.92 Å². The topological polar surface area (TPSA) is 154 Å². The van der Waals surface area contributed by atoms with E-state index in [1.54, 1.807) is 0 Å². The van der Waals surface area contributed by atoms with Crippen LogP contribution in [-0.4, -0.2) is 56.6 Å². The van der Waals surface area contributed by atoms with Gasteiger partial charge < -0.3 is 15.8 Å². The second kappa shape index (κ2) is 6.16. The van der Waals surface area contributed by atoms with E-state index in [4.69, 9.17) is 0 Å². The minimum absolute atomic E-state index is 0. The zero-order valence-electron chi connectivity index (χ0n) is 11.4. The molecule has 2 N–H and O–H groups in total. The Kier molecular flexibility index (Phi) is 4.61. The molecule has 11 nitrogen and oxygen atoms in total. The molecule has 0 aliphatic carbocycles. The van der Waals surface area contributed by atoms with Crippen molar-refractivity contribution in [2.24, 2.45) is 0 Å². The third-order valence-electron chi connectivity index (χ3n) is 3.06.